The van der Waals surface area contributed by atoms with Crippen molar-refractivity contribution in [3.63, 3.8) is 0 Å². The molecular weight excluding hydrogens is 186 g/mol. The van der Waals surface area contributed by atoms with Gasteiger partial charge in [-0.15, -0.1) is 0 Å². The minimum absolute atomic E-state index is 0.0776. The lowest BCUT2D eigenvalue weighted by atomic mass is 9.86. The Morgan fingerprint density at radius 3 is 2.60 bits per heavy atom. The van der Waals surface area contributed by atoms with Crippen LogP contribution < -0.4 is 0 Å². The summed E-state index contributed by atoms with van der Waals surface area (Å²) in [5.74, 6) is 0. The summed E-state index contributed by atoms with van der Waals surface area (Å²) in [6.45, 7) is 9.05. The lowest BCUT2D eigenvalue weighted by Crippen LogP contribution is -2.33. The van der Waals surface area contributed by atoms with E-state index < -0.39 is 0 Å². The summed E-state index contributed by atoms with van der Waals surface area (Å²) in [5, 5.41) is 0. The second-order valence-corrected chi connectivity index (χ2v) is 5.22. The third-order valence-corrected chi connectivity index (χ3v) is 4.30. The molecule has 86 valence electrons. The molecule has 2 aliphatic heterocycles. The van der Waals surface area contributed by atoms with E-state index in [9.17, 15) is 0 Å². The van der Waals surface area contributed by atoms with Crippen molar-refractivity contribution in [3.05, 3.63) is 11.1 Å². The van der Waals surface area contributed by atoms with Gasteiger partial charge in [0.1, 0.15) is 0 Å². The van der Waals surface area contributed by atoms with E-state index in [1.165, 1.54) is 30.5 Å². The van der Waals surface area contributed by atoms with E-state index in [0.717, 1.165) is 13.0 Å². The normalized spacial score (nSPS) is 38.8. The first-order chi connectivity index (χ1) is 7.05. The molecule has 0 radical (unpaired) electrons. The molecule has 1 spiro atoms. The van der Waals surface area contributed by atoms with Gasteiger partial charge in [-0.25, -0.2) is 0 Å². The molecule has 2 nitrogen and oxygen atoms in total. The van der Waals surface area contributed by atoms with Crippen molar-refractivity contribution in [1.82, 2.24) is 4.90 Å². The van der Waals surface area contributed by atoms with E-state index in [4.69, 9.17) is 4.74 Å². The van der Waals surface area contributed by atoms with Crippen molar-refractivity contribution in [2.24, 2.45) is 0 Å². The largest absolute Gasteiger partial charge is 0.363 e. The Hall–Kier alpha value is -0.340. The van der Waals surface area contributed by atoms with Crippen molar-refractivity contribution in [1.29, 1.82) is 0 Å². The third kappa shape index (κ3) is 1.85. The van der Waals surface area contributed by atoms with Crippen LogP contribution >= 0.6 is 0 Å². The molecule has 2 rings (SSSR count). The van der Waals surface area contributed by atoms with E-state index in [-0.39, 0.29) is 5.60 Å². The predicted molar refractivity (Wildman–Crippen MR) is 63.0 cm³/mol. The number of hydrogen-bond donors (Lipinski definition) is 0. The van der Waals surface area contributed by atoms with Crippen LogP contribution in [0.3, 0.4) is 0 Å². The Morgan fingerprint density at radius 2 is 2.00 bits per heavy atom. The molecule has 0 aromatic carbocycles. The lowest BCUT2D eigenvalue weighted by Gasteiger charge is -2.30. The molecule has 0 aromatic heterocycles. The van der Waals surface area contributed by atoms with Crippen LogP contribution in [0.5, 0.6) is 0 Å². The minimum atomic E-state index is 0.0776. The van der Waals surface area contributed by atoms with Crippen molar-refractivity contribution in [3.8, 4) is 0 Å². The zero-order valence-corrected chi connectivity index (χ0v) is 10.5. The van der Waals surface area contributed by atoms with Crippen LogP contribution in [-0.2, 0) is 4.74 Å². The molecule has 2 atom stereocenters. The average molecular weight is 209 g/mol. The van der Waals surface area contributed by atoms with Crippen LogP contribution in [0.15, 0.2) is 11.1 Å². The van der Waals surface area contributed by atoms with Gasteiger partial charge in [-0.3, -0.25) is 0 Å². The molecule has 0 amide bonds. The molecule has 0 aromatic rings. The molecular formula is C13H23NO. The molecule has 0 aliphatic carbocycles. The predicted octanol–water partition coefficient (Wildman–Crippen LogP) is 2.60. The second kappa shape index (κ2) is 3.91. The number of likely N-dealkylation sites (tertiary alicyclic amines) is 1. The number of hydrogen-bond acceptors (Lipinski definition) is 2. The molecule has 2 heterocycles. The Labute approximate surface area is 93.3 Å². The average Bonchev–Trinajstić information content (AvgIpc) is 2.39. The van der Waals surface area contributed by atoms with Gasteiger partial charge in [-0.05, 0) is 64.8 Å². The Kier molecular flexibility index (Phi) is 2.91. The molecule has 15 heavy (non-hydrogen) atoms. The summed E-state index contributed by atoms with van der Waals surface area (Å²) in [6, 6.07) is 0. The van der Waals surface area contributed by atoms with Gasteiger partial charge < -0.3 is 9.64 Å². The smallest absolute Gasteiger partial charge is 0.0913 e. The highest BCUT2D eigenvalue weighted by atomic mass is 16.5. The van der Waals surface area contributed by atoms with Gasteiger partial charge in [0, 0.05) is 6.54 Å². The second-order valence-electron chi connectivity index (χ2n) is 5.22. The van der Waals surface area contributed by atoms with Crippen LogP contribution in [0.4, 0.5) is 0 Å². The molecule has 0 bridgehead atoms. The fraction of sp³-hybridized carbons (Fsp3) is 0.846. The molecule has 1 saturated heterocycles. The molecule has 0 saturated carbocycles. The zero-order valence-electron chi connectivity index (χ0n) is 10.5. The van der Waals surface area contributed by atoms with Crippen LogP contribution in [0.2, 0.25) is 0 Å². The van der Waals surface area contributed by atoms with Gasteiger partial charge in [0.2, 0.25) is 0 Å². The first kappa shape index (κ1) is 11.2. The monoisotopic (exact) mass is 209 g/mol. The van der Waals surface area contributed by atoms with Crippen LogP contribution in [0.25, 0.3) is 0 Å². The summed E-state index contributed by atoms with van der Waals surface area (Å²) in [7, 11) is 2.21. The Bertz CT molecular complexity index is 284. The van der Waals surface area contributed by atoms with E-state index in [2.05, 4.69) is 32.7 Å². The van der Waals surface area contributed by atoms with E-state index >= 15 is 0 Å². The summed E-state index contributed by atoms with van der Waals surface area (Å²) in [5.41, 5.74) is 3.04. The quantitative estimate of drug-likeness (QED) is 0.569. The number of nitrogens with zero attached hydrogens (tertiary/aromatic N) is 1. The van der Waals surface area contributed by atoms with Gasteiger partial charge in [0.25, 0.3) is 0 Å². The van der Waals surface area contributed by atoms with Crippen molar-refractivity contribution < 1.29 is 4.74 Å². The first-order valence-corrected chi connectivity index (χ1v) is 6.09. The zero-order chi connectivity index (χ0) is 11.1. The standard InChI is InChI=1S/C13H23NO/c1-10-11(2)13(15-12(10)3)6-5-8-14(4)9-7-13/h12H,5-9H2,1-4H3/t12-,13+/m0/s1. The maximum Gasteiger partial charge on any atom is 0.0913 e. The molecule has 2 heteroatoms. The Balaban J connectivity index is 2.21. The minimum Gasteiger partial charge on any atom is -0.363 e. The highest BCUT2D eigenvalue weighted by Crippen LogP contribution is 2.42. The number of rotatable bonds is 0. The SMILES string of the molecule is CC1=C(C)[C@]2(CCCN(C)CC2)O[C@H]1C. The summed E-state index contributed by atoms with van der Waals surface area (Å²) < 4.78 is 6.24. The molecule has 0 unspecified atom stereocenters. The maximum atomic E-state index is 6.24. The van der Waals surface area contributed by atoms with Crippen molar-refractivity contribution in [2.75, 3.05) is 20.1 Å². The number of ether oxygens (including phenoxy) is 1. The fourth-order valence-corrected chi connectivity index (χ4v) is 2.92. The van der Waals surface area contributed by atoms with Crippen LogP contribution in [-0.4, -0.2) is 36.7 Å². The van der Waals surface area contributed by atoms with Crippen LogP contribution in [0, 0.1) is 0 Å². The summed E-state index contributed by atoms with van der Waals surface area (Å²) >= 11 is 0. The van der Waals surface area contributed by atoms with Gasteiger partial charge in [0.15, 0.2) is 0 Å². The lowest BCUT2D eigenvalue weighted by molar-refractivity contribution is -0.0329. The third-order valence-electron chi connectivity index (χ3n) is 4.30. The van der Waals surface area contributed by atoms with Crippen LogP contribution in [0.1, 0.15) is 40.0 Å². The van der Waals surface area contributed by atoms with E-state index in [1.54, 1.807) is 0 Å². The van der Waals surface area contributed by atoms with Gasteiger partial charge in [-0.2, -0.15) is 0 Å². The fourth-order valence-electron chi connectivity index (χ4n) is 2.92. The summed E-state index contributed by atoms with van der Waals surface area (Å²) in [4.78, 5) is 2.42. The summed E-state index contributed by atoms with van der Waals surface area (Å²) in [6.07, 6.45) is 3.95. The van der Waals surface area contributed by atoms with Crippen molar-refractivity contribution in [2.45, 2.75) is 51.7 Å². The van der Waals surface area contributed by atoms with Gasteiger partial charge in [-0.1, -0.05) is 0 Å². The van der Waals surface area contributed by atoms with Gasteiger partial charge >= 0.3 is 0 Å². The molecule has 1 fully saturated rings. The van der Waals surface area contributed by atoms with E-state index in [0.29, 0.717) is 6.10 Å². The molecule has 2 aliphatic rings. The van der Waals surface area contributed by atoms with Crippen molar-refractivity contribution >= 4 is 0 Å². The molecule has 0 N–H and O–H groups in total. The van der Waals surface area contributed by atoms with E-state index in [1.807, 2.05) is 0 Å². The Morgan fingerprint density at radius 1 is 1.27 bits per heavy atom. The highest BCUT2D eigenvalue weighted by molar-refractivity contribution is 5.29. The first-order valence-electron chi connectivity index (χ1n) is 6.09. The topological polar surface area (TPSA) is 12.5 Å². The highest BCUT2D eigenvalue weighted by Gasteiger charge is 2.42. The maximum absolute atomic E-state index is 6.24. The van der Waals surface area contributed by atoms with Gasteiger partial charge in [0.05, 0.1) is 11.7 Å².